The van der Waals surface area contributed by atoms with Crippen molar-refractivity contribution in [1.29, 1.82) is 0 Å². The number of Topliss-reactive ketones (excluding diaryl/α,β-unsaturated/α-hetero) is 1. The summed E-state index contributed by atoms with van der Waals surface area (Å²) in [5.74, 6) is 0.121. The van der Waals surface area contributed by atoms with Gasteiger partial charge in [-0.05, 0) is 19.4 Å². The normalized spacial score (nSPS) is 10.3. The first kappa shape index (κ1) is 14.6. The summed E-state index contributed by atoms with van der Waals surface area (Å²) < 4.78 is 0. The fourth-order valence-electron chi connectivity index (χ4n) is 1.41. The van der Waals surface area contributed by atoms with Crippen LogP contribution in [0.5, 0.6) is 0 Å². The van der Waals surface area contributed by atoms with Crippen LogP contribution in [0.2, 0.25) is 0 Å². The van der Waals surface area contributed by atoms with Gasteiger partial charge in [-0.2, -0.15) is 0 Å². The van der Waals surface area contributed by atoms with E-state index in [4.69, 9.17) is 5.21 Å². The summed E-state index contributed by atoms with van der Waals surface area (Å²) in [6, 6.07) is 18.8. The van der Waals surface area contributed by atoms with Gasteiger partial charge in [0.05, 0.1) is 5.71 Å². The molecule has 19 heavy (non-hydrogen) atoms. The van der Waals surface area contributed by atoms with Gasteiger partial charge >= 0.3 is 0 Å². The topological polar surface area (TPSA) is 49.7 Å². The molecule has 2 aromatic carbocycles. The van der Waals surface area contributed by atoms with Crippen LogP contribution in [0, 0.1) is 0 Å². The Balaban J connectivity index is 0.000000191. The third-order valence-electron chi connectivity index (χ3n) is 2.52. The Morgan fingerprint density at radius 3 is 1.58 bits per heavy atom. The van der Waals surface area contributed by atoms with Crippen LogP contribution in [-0.2, 0) is 0 Å². The number of hydrogen-bond acceptors (Lipinski definition) is 3. The molecule has 2 aromatic rings. The number of oxime groups is 1. The van der Waals surface area contributed by atoms with Gasteiger partial charge in [0, 0.05) is 5.56 Å². The number of carbonyl (C=O) groups excluding carboxylic acids is 1. The predicted molar refractivity (Wildman–Crippen MR) is 76.9 cm³/mol. The molecule has 0 saturated carbocycles. The lowest BCUT2D eigenvalue weighted by atomic mass is 10.1. The molecular formula is C16H17NO2. The van der Waals surface area contributed by atoms with Crippen LogP contribution in [0.4, 0.5) is 0 Å². The van der Waals surface area contributed by atoms with Crippen LogP contribution in [0.15, 0.2) is 65.8 Å². The second-order valence-electron chi connectivity index (χ2n) is 3.97. The van der Waals surface area contributed by atoms with E-state index in [9.17, 15) is 4.79 Å². The zero-order valence-electron chi connectivity index (χ0n) is 11.1. The van der Waals surface area contributed by atoms with Crippen LogP contribution in [-0.4, -0.2) is 16.7 Å². The third kappa shape index (κ3) is 5.17. The van der Waals surface area contributed by atoms with Gasteiger partial charge in [-0.1, -0.05) is 65.8 Å². The predicted octanol–water partition coefficient (Wildman–Crippen LogP) is 3.77. The lowest BCUT2D eigenvalue weighted by Crippen LogP contribution is -1.92. The monoisotopic (exact) mass is 255 g/mol. The molecule has 98 valence electrons. The van der Waals surface area contributed by atoms with E-state index in [1.165, 1.54) is 0 Å². The Morgan fingerprint density at radius 1 is 0.842 bits per heavy atom. The summed E-state index contributed by atoms with van der Waals surface area (Å²) in [6.07, 6.45) is 0. The molecule has 0 atom stereocenters. The van der Waals surface area contributed by atoms with Crippen LogP contribution >= 0.6 is 0 Å². The van der Waals surface area contributed by atoms with Gasteiger partial charge in [0.2, 0.25) is 0 Å². The number of hydrogen-bond donors (Lipinski definition) is 1. The van der Waals surface area contributed by atoms with Crippen LogP contribution in [0.3, 0.4) is 0 Å². The molecule has 0 spiro atoms. The molecule has 0 fully saturated rings. The van der Waals surface area contributed by atoms with Crippen molar-refractivity contribution in [1.82, 2.24) is 0 Å². The van der Waals surface area contributed by atoms with E-state index in [1.54, 1.807) is 13.8 Å². The first-order valence-electron chi connectivity index (χ1n) is 5.95. The van der Waals surface area contributed by atoms with Gasteiger partial charge in [-0.15, -0.1) is 0 Å². The zero-order chi connectivity index (χ0) is 14.1. The summed E-state index contributed by atoms with van der Waals surface area (Å²) >= 11 is 0. The summed E-state index contributed by atoms with van der Waals surface area (Å²) in [6.45, 7) is 3.32. The average molecular weight is 255 g/mol. The van der Waals surface area contributed by atoms with Crippen molar-refractivity contribution in [2.45, 2.75) is 13.8 Å². The summed E-state index contributed by atoms with van der Waals surface area (Å²) in [4.78, 5) is 10.6. The van der Waals surface area contributed by atoms with Gasteiger partial charge in [0.1, 0.15) is 0 Å². The minimum atomic E-state index is 0.121. The van der Waals surface area contributed by atoms with Crippen molar-refractivity contribution < 1.29 is 10.0 Å². The Labute approximate surface area is 113 Å². The molecular weight excluding hydrogens is 238 g/mol. The highest BCUT2D eigenvalue weighted by molar-refractivity contribution is 5.98. The van der Waals surface area contributed by atoms with Gasteiger partial charge in [-0.3, -0.25) is 4.79 Å². The first-order chi connectivity index (χ1) is 9.15. The number of nitrogens with zero attached hydrogens (tertiary/aromatic N) is 1. The van der Waals surface area contributed by atoms with Gasteiger partial charge in [0.15, 0.2) is 5.78 Å². The van der Waals surface area contributed by atoms with E-state index < -0.39 is 0 Å². The zero-order valence-corrected chi connectivity index (χ0v) is 11.1. The minimum Gasteiger partial charge on any atom is -0.411 e. The van der Waals surface area contributed by atoms with Gasteiger partial charge < -0.3 is 5.21 Å². The van der Waals surface area contributed by atoms with Crippen molar-refractivity contribution >= 4 is 11.5 Å². The highest BCUT2D eigenvalue weighted by Gasteiger charge is 1.93. The number of ketones is 1. The molecule has 2 rings (SSSR count). The van der Waals surface area contributed by atoms with Crippen molar-refractivity contribution in [2.24, 2.45) is 5.16 Å². The van der Waals surface area contributed by atoms with E-state index in [0.717, 1.165) is 11.1 Å². The highest BCUT2D eigenvalue weighted by Crippen LogP contribution is 1.99. The summed E-state index contributed by atoms with van der Waals surface area (Å²) in [5.41, 5.74) is 2.36. The molecule has 0 aliphatic heterocycles. The standard InChI is InChI=1S/C8H9NO.C8H8O/c1-7(9-10)8-5-3-2-4-6-8;1-7(9)8-5-3-2-4-6-8/h2-6,10H,1H3;2-6H,1H3. The second kappa shape index (κ2) is 7.82. The number of rotatable bonds is 2. The van der Waals surface area contributed by atoms with Crippen molar-refractivity contribution in [2.75, 3.05) is 0 Å². The number of carbonyl (C=O) groups is 1. The summed E-state index contributed by atoms with van der Waals surface area (Å²) in [7, 11) is 0. The van der Waals surface area contributed by atoms with E-state index in [-0.39, 0.29) is 5.78 Å². The lowest BCUT2D eigenvalue weighted by Gasteiger charge is -1.94. The van der Waals surface area contributed by atoms with Crippen molar-refractivity contribution in [3.63, 3.8) is 0 Å². The maximum absolute atomic E-state index is 10.6. The fraction of sp³-hybridized carbons (Fsp3) is 0.125. The Hall–Kier alpha value is -2.42. The van der Waals surface area contributed by atoms with E-state index in [0.29, 0.717) is 5.71 Å². The SMILES string of the molecule is CC(=NO)c1ccccc1.CC(=O)c1ccccc1. The van der Waals surface area contributed by atoms with Crippen LogP contribution in [0.25, 0.3) is 0 Å². The molecule has 1 N–H and O–H groups in total. The quantitative estimate of drug-likeness (QED) is 0.384. The molecule has 0 radical (unpaired) electrons. The largest absolute Gasteiger partial charge is 0.411 e. The molecule has 3 heteroatoms. The van der Waals surface area contributed by atoms with E-state index in [1.807, 2.05) is 60.7 Å². The summed E-state index contributed by atoms with van der Waals surface area (Å²) in [5, 5.41) is 11.5. The smallest absolute Gasteiger partial charge is 0.159 e. The van der Waals surface area contributed by atoms with Gasteiger partial charge in [-0.25, -0.2) is 0 Å². The molecule has 0 saturated heterocycles. The van der Waals surface area contributed by atoms with Crippen molar-refractivity contribution in [3.8, 4) is 0 Å². The molecule has 0 unspecified atom stereocenters. The maximum Gasteiger partial charge on any atom is 0.159 e. The third-order valence-corrected chi connectivity index (χ3v) is 2.52. The number of benzene rings is 2. The Bertz CT molecular complexity index is 533. The lowest BCUT2D eigenvalue weighted by molar-refractivity contribution is 0.101. The van der Waals surface area contributed by atoms with E-state index in [2.05, 4.69) is 5.16 Å². The van der Waals surface area contributed by atoms with Crippen LogP contribution in [0.1, 0.15) is 29.8 Å². The Morgan fingerprint density at radius 2 is 1.26 bits per heavy atom. The molecule has 0 amide bonds. The Kier molecular flexibility index (Phi) is 6.03. The van der Waals surface area contributed by atoms with Crippen LogP contribution < -0.4 is 0 Å². The molecule has 0 bridgehead atoms. The molecule has 0 aromatic heterocycles. The molecule has 3 nitrogen and oxygen atoms in total. The molecule has 0 heterocycles. The fourth-order valence-corrected chi connectivity index (χ4v) is 1.41. The van der Waals surface area contributed by atoms with Crippen molar-refractivity contribution in [3.05, 3.63) is 71.8 Å². The minimum absolute atomic E-state index is 0.121. The maximum atomic E-state index is 10.6. The first-order valence-corrected chi connectivity index (χ1v) is 5.95. The highest BCUT2D eigenvalue weighted by atomic mass is 16.4. The van der Waals surface area contributed by atoms with Gasteiger partial charge in [0.25, 0.3) is 0 Å². The molecule has 0 aliphatic rings. The molecule has 0 aliphatic carbocycles. The second-order valence-corrected chi connectivity index (χ2v) is 3.97. The average Bonchev–Trinajstić information content (AvgIpc) is 2.49. The van der Waals surface area contributed by atoms with E-state index >= 15 is 0 Å².